The first kappa shape index (κ1) is 21.6. The van der Waals surface area contributed by atoms with E-state index in [1.807, 2.05) is 13.8 Å². The Morgan fingerprint density at radius 3 is 2.54 bits per heavy atom. The molecule has 1 atom stereocenters. The molecule has 152 valence electrons. The Hall–Kier alpha value is -2.74. The molecule has 0 aliphatic carbocycles. The van der Waals surface area contributed by atoms with Crippen LogP contribution in [-0.2, 0) is 14.3 Å². The lowest BCUT2D eigenvalue weighted by Gasteiger charge is -2.26. The number of hydrogen-bond donors (Lipinski definition) is 1. The van der Waals surface area contributed by atoms with Gasteiger partial charge in [-0.3, -0.25) is 24.1 Å². The predicted molar refractivity (Wildman–Crippen MR) is 101 cm³/mol. The summed E-state index contributed by atoms with van der Waals surface area (Å²) in [7, 11) is 0. The number of carboxylic acids is 1. The number of hydrogen-bond acceptors (Lipinski definition) is 5. The molecule has 0 aromatic heterocycles. The second-order valence-corrected chi connectivity index (χ2v) is 6.88. The molecule has 1 heterocycles. The summed E-state index contributed by atoms with van der Waals surface area (Å²) in [5.74, 6) is -3.25. The number of fused-ring (bicyclic) bond motifs is 1. The van der Waals surface area contributed by atoms with E-state index < -0.39 is 36.2 Å². The number of carboxylic acid groups (broad SMARTS) is 1. The lowest BCUT2D eigenvalue weighted by Crippen LogP contribution is -2.45. The van der Waals surface area contributed by atoms with Crippen molar-refractivity contribution in [2.45, 2.75) is 27.2 Å². The number of amides is 3. The molecule has 0 bridgehead atoms. The first-order chi connectivity index (χ1) is 13.3. The second kappa shape index (κ2) is 9.45. The summed E-state index contributed by atoms with van der Waals surface area (Å²) in [6.07, 6.45) is 0.535. The molecular weight excluding hydrogens is 364 g/mol. The maximum atomic E-state index is 12.8. The van der Waals surface area contributed by atoms with E-state index in [0.29, 0.717) is 31.7 Å². The van der Waals surface area contributed by atoms with Gasteiger partial charge in [-0.2, -0.15) is 0 Å². The zero-order chi connectivity index (χ0) is 20.8. The van der Waals surface area contributed by atoms with Crippen LogP contribution >= 0.6 is 0 Å². The minimum Gasteiger partial charge on any atom is -0.481 e. The number of benzene rings is 1. The van der Waals surface area contributed by atoms with Crippen molar-refractivity contribution in [3.05, 3.63) is 34.9 Å². The predicted octanol–water partition coefficient (Wildman–Crippen LogP) is 1.57. The summed E-state index contributed by atoms with van der Waals surface area (Å²) < 4.78 is 5.26. The molecular formula is C20H26N2O6. The van der Waals surface area contributed by atoms with Gasteiger partial charge in [0.25, 0.3) is 11.8 Å². The number of carbonyl (C=O) groups is 4. The van der Waals surface area contributed by atoms with Gasteiger partial charge in [-0.05, 0) is 32.4 Å². The first-order valence-electron chi connectivity index (χ1n) is 9.31. The molecule has 1 aromatic carbocycles. The van der Waals surface area contributed by atoms with E-state index in [4.69, 9.17) is 9.84 Å². The zero-order valence-electron chi connectivity index (χ0n) is 16.4. The second-order valence-electron chi connectivity index (χ2n) is 6.88. The number of ether oxygens (including phenoxy) is 1. The SMILES string of the molecule is CCOCCCN(CC(C)C(=O)O)C(=O)CN1C(=O)c2ccc(C)cc2C1=O. The van der Waals surface area contributed by atoms with Gasteiger partial charge in [-0.1, -0.05) is 18.6 Å². The van der Waals surface area contributed by atoms with E-state index >= 15 is 0 Å². The molecule has 1 aliphatic rings. The molecule has 0 saturated carbocycles. The van der Waals surface area contributed by atoms with Crippen LogP contribution in [0.25, 0.3) is 0 Å². The largest absolute Gasteiger partial charge is 0.481 e. The number of nitrogens with zero attached hydrogens (tertiary/aromatic N) is 2. The van der Waals surface area contributed by atoms with Gasteiger partial charge in [-0.25, -0.2) is 0 Å². The Balaban J connectivity index is 2.10. The van der Waals surface area contributed by atoms with Gasteiger partial charge < -0.3 is 14.7 Å². The van der Waals surface area contributed by atoms with Crippen LogP contribution in [0.4, 0.5) is 0 Å². The van der Waals surface area contributed by atoms with E-state index in [1.54, 1.807) is 18.2 Å². The van der Waals surface area contributed by atoms with E-state index in [2.05, 4.69) is 0 Å². The van der Waals surface area contributed by atoms with Gasteiger partial charge in [-0.15, -0.1) is 0 Å². The topological polar surface area (TPSA) is 104 Å². The maximum Gasteiger partial charge on any atom is 0.308 e. The number of rotatable bonds is 10. The van der Waals surface area contributed by atoms with Crippen molar-refractivity contribution >= 4 is 23.7 Å². The fraction of sp³-hybridized carbons (Fsp3) is 0.500. The number of imide groups is 1. The van der Waals surface area contributed by atoms with Gasteiger partial charge in [0, 0.05) is 26.3 Å². The highest BCUT2D eigenvalue weighted by Crippen LogP contribution is 2.24. The van der Waals surface area contributed by atoms with Crippen LogP contribution in [0, 0.1) is 12.8 Å². The number of aliphatic carboxylic acids is 1. The average Bonchev–Trinajstić information content (AvgIpc) is 2.88. The molecule has 2 rings (SSSR count). The lowest BCUT2D eigenvalue weighted by molar-refractivity contribution is -0.143. The first-order valence-corrected chi connectivity index (χ1v) is 9.31. The summed E-state index contributed by atoms with van der Waals surface area (Å²) in [5, 5.41) is 9.15. The quantitative estimate of drug-likeness (QED) is 0.480. The van der Waals surface area contributed by atoms with Crippen molar-refractivity contribution in [1.82, 2.24) is 9.80 Å². The third kappa shape index (κ3) is 4.95. The molecule has 0 radical (unpaired) electrons. The summed E-state index contributed by atoms with van der Waals surface area (Å²) in [6.45, 7) is 6.06. The Morgan fingerprint density at radius 1 is 1.21 bits per heavy atom. The van der Waals surface area contributed by atoms with Crippen LogP contribution in [0.2, 0.25) is 0 Å². The van der Waals surface area contributed by atoms with E-state index in [9.17, 15) is 19.2 Å². The average molecular weight is 390 g/mol. The maximum absolute atomic E-state index is 12.8. The van der Waals surface area contributed by atoms with Crippen LogP contribution in [0.3, 0.4) is 0 Å². The minimum absolute atomic E-state index is 0.00255. The van der Waals surface area contributed by atoms with Crippen molar-refractivity contribution in [3.63, 3.8) is 0 Å². The molecule has 28 heavy (non-hydrogen) atoms. The minimum atomic E-state index is -1.01. The molecule has 8 nitrogen and oxygen atoms in total. The molecule has 8 heteroatoms. The van der Waals surface area contributed by atoms with Crippen molar-refractivity contribution in [2.24, 2.45) is 5.92 Å². The highest BCUT2D eigenvalue weighted by Gasteiger charge is 2.37. The Labute approximate surface area is 164 Å². The third-order valence-corrected chi connectivity index (χ3v) is 4.61. The van der Waals surface area contributed by atoms with Crippen LogP contribution in [0.5, 0.6) is 0 Å². The van der Waals surface area contributed by atoms with Crippen LogP contribution in [0.1, 0.15) is 46.5 Å². The standard InChI is InChI=1S/C20H26N2O6/c1-4-28-9-5-8-21(11-14(3)20(26)27)17(23)12-22-18(24)15-7-6-13(2)10-16(15)19(22)25/h6-7,10,14H,4-5,8-9,11-12H2,1-3H3,(H,26,27). The van der Waals surface area contributed by atoms with Crippen molar-refractivity contribution in [3.8, 4) is 0 Å². The van der Waals surface area contributed by atoms with Gasteiger partial charge in [0.05, 0.1) is 17.0 Å². The number of aryl methyl sites for hydroxylation is 1. The van der Waals surface area contributed by atoms with Crippen molar-refractivity contribution < 1.29 is 29.0 Å². The van der Waals surface area contributed by atoms with Crippen molar-refractivity contribution in [2.75, 3.05) is 32.8 Å². The molecule has 1 N–H and O–H groups in total. The summed E-state index contributed by atoms with van der Waals surface area (Å²) in [4.78, 5) is 51.4. The van der Waals surface area contributed by atoms with Crippen molar-refractivity contribution in [1.29, 1.82) is 0 Å². The lowest BCUT2D eigenvalue weighted by atomic mass is 10.1. The highest BCUT2D eigenvalue weighted by atomic mass is 16.5. The number of carbonyl (C=O) groups excluding carboxylic acids is 3. The van der Waals surface area contributed by atoms with Gasteiger partial charge in [0.15, 0.2) is 0 Å². The summed E-state index contributed by atoms with van der Waals surface area (Å²) >= 11 is 0. The fourth-order valence-electron chi connectivity index (χ4n) is 3.01. The van der Waals surface area contributed by atoms with Crippen LogP contribution < -0.4 is 0 Å². The third-order valence-electron chi connectivity index (χ3n) is 4.61. The Kier molecular flexibility index (Phi) is 7.28. The van der Waals surface area contributed by atoms with Crippen LogP contribution in [-0.4, -0.2) is 71.4 Å². The Morgan fingerprint density at radius 2 is 1.89 bits per heavy atom. The zero-order valence-corrected chi connectivity index (χ0v) is 16.4. The normalized spacial score (nSPS) is 14.2. The molecule has 1 aliphatic heterocycles. The van der Waals surface area contributed by atoms with Gasteiger partial charge in [0.2, 0.25) is 5.91 Å². The summed E-state index contributed by atoms with van der Waals surface area (Å²) in [6, 6.07) is 4.96. The van der Waals surface area contributed by atoms with Gasteiger partial charge in [0.1, 0.15) is 6.54 Å². The van der Waals surface area contributed by atoms with E-state index in [1.165, 1.54) is 11.8 Å². The van der Waals surface area contributed by atoms with Gasteiger partial charge >= 0.3 is 5.97 Å². The fourth-order valence-corrected chi connectivity index (χ4v) is 3.01. The highest BCUT2D eigenvalue weighted by molar-refractivity contribution is 6.22. The molecule has 3 amide bonds. The molecule has 1 aromatic rings. The molecule has 0 fully saturated rings. The van der Waals surface area contributed by atoms with E-state index in [0.717, 1.165) is 10.5 Å². The molecule has 0 spiro atoms. The molecule has 0 saturated heterocycles. The Bertz CT molecular complexity index is 776. The molecule has 1 unspecified atom stereocenters. The monoisotopic (exact) mass is 390 g/mol. The summed E-state index contributed by atoms with van der Waals surface area (Å²) in [5.41, 5.74) is 1.42. The van der Waals surface area contributed by atoms with E-state index in [-0.39, 0.29) is 12.1 Å². The van der Waals surface area contributed by atoms with Crippen LogP contribution in [0.15, 0.2) is 18.2 Å². The smallest absolute Gasteiger partial charge is 0.308 e.